The van der Waals surface area contributed by atoms with Crippen molar-refractivity contribution in [2.75, 3.05) is 7.05 Å². The molecule has 14 heavy (non-hydrogen) atoms. The number of carboxylic acid groups (broad SMARTS) is 1. The van der Waals surface area contributed by atoms with Gasteiger partial charge in [-0.1, -0.05) is 0 Å². The summed E-state index contributed by atoms with van der Waals surface area (Å²) in [6.07, 6.45) is -4.33. The zero-order valence-electron chi connectivity index (χ0n) is 7.48. The van der Waals surface area contributed by atoms with Gasteiger partial charge in [0.1, 0.15) is 6.04 Å². The van der Waals surface area contributed by atoms with Gasteiger partial charge in [-0.2, -0.15) is 13.2 Å². The summed E-state index contributed by atoms with van der Waals surface area (Å²) in [7, 11) is 1.38. The highest BCUT2D eigenvalue weighted by Crippen LogP contribution is 2.92. The van der Waals surface area contributed by atoms with Crippen LogP contribution in [0.15, 0.2) is 0 Å². The van der Waals surface area contributed by atoms with Crippen molar-refractivity contribution in [1.29, 1.82) is 0 Å². The van der Waals surface area contributed by atoms with Crippen molar-refractivity contribution < 1.29 is 23.1 Å². The number of likely N-dealkylation sites (N-methyl/N-ethyl adjacent to an activating group) is 1. The van der Waals surface area contributed by atoms with Crippen LogP contribution in [0.3, 0.4) is 0 Å². The van der Waals surface area contributed by atoms with Crippen molar-refractivity contribution in [3.63, 3.8) is 0 Å². The van der Waals surface area contributed by atoms with E-state index >= 15 is 0 Å². The predicted octanol–water partition coefficient (Wildman–Crippen LogP) is 1.00. The van der Waals surface area contributed by atoms with Gasteiger partial charge in [0.25, 0.3) is 0 Å². The minimum atomic E-state index is -4.25. The van der Waals surface area contributed by atoms with E-state index in [1.165, 1.54) is 7.05 Å². The van der Waals surface area contributed by atoms with Gasteiger partial charge < -0.3 is 10.4 Å². The van der Waals surface area contributed by atoms with Crippen LogP contribution in [0.4, 0.5) is 13.2 Å². The number of halogens is 3. The predicted molar refractivity (Wildman–Crippen MR) is 40.6 cm³/mol. The smallest absolute Gasteiger partial charge is 0.395 e. The number of carboxylic acids is 1. The van der Waals surface area contributed by atoms with Gasteiger partial charge in [-0.15, -0.1) is 0 Å². The molecule has 2 aliphatic rings. The Morgan fingerprint density at radius 3 is 2.21 bits per heavy atom. The van der Waals surface area contributed by atoms with Crippen molar-refractivity contribution in [3.8, 4) is 0 Å². The number of alkyl halides is 3. The van der Waals surface area contributed by atoms with Gasteiger partial charge in [-0.3, -0.25) is 4.79 Å². The molecule has 0 aromatic heterocycles. The van der Waals surface area contributed by atoms with Gasteiger partial charge in [0.15, 0.2) is 0 Å². The van der Waals surface area contributed by atoms with Crippen LogP contribution in [0.2, 0.25) is 0 Å². The molecule has 0 aromatic carbocycles. The van der Waals surface area contributed by atoms with E-state index < -0.39 is 29.0 Å². The topological polar surface area (TPSA) is 49.3 Å². The fourth-order valence-corrected chi connectivity index (χ4v) is 2.54. The third-order valence-corrected chi connectivity index (χ3v) is 3.57. The quantitative estimate of drug-likeness (QED) is 0.729. The van der Waals surface area contributed by atoms with Gasteiger partial charge in [-0.05, 0) is 19.9 Å². The Labute approximate surface area is 78.3 Å². The van der Waals surface area contributed by atoms with Crippen molar-refractivity contribution in [2.24, 2.45) is 10.8 Å². The molecule has 80 valence electrons. The van der Waals surface area contributed by atoms with Crippen molar-refractivity contribution in [3.05, 3.63) is 0 Å². The maximum atomic E-state index is 12.5. The lowest BCUT2D eigenvalue weighted by Crippen LogP contribution is -2.39. The summed E-state index contributed by atoms with van der Waals surface area (Å²) in [5.41, 5.74) is -2.74. The van der Waals surface area contributed by atoms with Crippen molar-refractivity contribution in [2.45, 2.75) is 25.1 Å². The van der Waals surface area contributed by atoms with Crippen LogP contribution in [0, 0.1) is 10.8 Å². The zero-order chi connectivity index (χ0) is 10.8. The highest BCUT2D eigenvalue weighted by Gasteiger charge is 2.95. The van der Waals surface area contributed by atoms with Crippen molar-refractivity contribution in [1.82, 2.24) is 5.32 Å². The van der Waals surface area contributed by atoms with Crippen LogP contribution in [-0.4, -0.2) is 30.3 Å². The first kappa shape index (κ1) is 9.76. The molecule has 0 unspecified atom stereocenters. The summed E-state index contributed by atoms with van der Waals surface area (Å²) in [5.74, 6) is -1.20. The second-order valence-electron chi connectivity index (χ2n) is 4.15. The fourth-order valence-electron chi connectivity index (χ4n) is 2.54. The Bertz CT molecular complexity index is 293. The minimum absolute atomic E-state index is 0.0404. The lowest BCUT2D eigenvalue weighted by atomic mass is 10.1. The van der Waals surface area contributed by atoms with Gasteiger partial charge in [0.05, 0.1) is 5.41 Å². The summed E-state index contributed by atoms with van der Waals surface area (Å²) in [5, 5.41) is 11.2. The number of carbonyl (C=O) groups is 1. The number of nitrogens with one attached hydrogen (secondary N) is 1. The highest BCUT2D eigenvalue weighted by molar-refractivity contribution is 5.77. The van der Waals surface area contributed by atoms with Crippen LogP contribution in [0.5, 0.6) is 0 Å². The Hall–Kier alpha value is -0.780. The van der Waals surface area contributed by atoms with E-state index in [2.05, 4.69) is 5.32 Å². The van der Waals surface area contributed by atoms with Crippen LogP contribution in [0.1, 0.15) is 12.8 Å². The van der Waals surface area contributed by atoms with E-state index in [9.17, 15) is 18.0 Å². The maximum Gasteiger partial charge on any atom is 0.395 e. The molecule has 6 heteroatoms. The molecule has 0 aliphatic heterocycles. The summed E-state index contributed by atoms with van der Waals surface area (Å²) in [4.78, 5) is 10.7. The van der Waals surface area contributed by atoms with Gasteiger partial charge in [0.2, 0.25) is 0 Å². The van der Waals surface area contributed by atoms with E-state index in [1.54, 1.807) is 0 Å². The summed E-state index contributed by atoms with van der Waals surface area (Å²) >= 11 is 0. The third kappa shape index (κ3) is 0.846. The van der Waals surface area contributed by atoms with Gasteiger partial charge in [0, 0.05) is 5.41 Å². The molecule has 2 rings (SSSR count). The van der Waals surface area contributed by atoms with E-state index in [0.29, 0.717) is 0 Å². The van der Waals surface area contributed by atoms with E-state index in [0.717, 1.165) is 0 Å². The second-order valence-corrected chi connectivity index (χ2v) is 4.15. The standard InChI is InChI=1S/C8H10F3NO2/c1-12-4(5(13)14)6-2-7(6,3-6)8(9,10)11/h4,12H,2-3H2,1H3,(H,13,14)/t4-,6?,7?/m1/s1. The molecule has 0 heterocycles. The molecule has 3 nitrogen and oxygen atoms in total. The van der Waals surface area contributed by atoms with Crippen LogP contribution in [0.25, 0.3) is 0 Å². The number of rotatable bonds is 3. The lowest BCUT2D eigenvalue weighted by Gasteiger charge is -2.12. The van der Waals surface area contributed by atoms with E-state index in [4.69, 9.17) is 5.11 Å². The fraction of sp³-hybridized carbons (Fsp3) is 0.875. The Morgan fingerprint density at radius 1 is 1.50 bits per heavy atom. The van der Waals surface area contributed by atoms with E-state index in [1.807, 2.05) is 0 Å². The lowest BCUT2D eigenvalue weighted by molar-refractivity contribution is -0.168. The van der Waals surface area contributed by atoms with E-state index in [-0.39, 0.29) is 12.8 Å². The van der Waals surface area contributed by atoms with Crippen molar-refractivity contribution >= 4 is 5.97 Å². The molecule has 2 fully saturated rings. The zero-order valence-corrected chi connectivity index (χ0v) is 7.48. The molecule has 0 radical (unpaired) electrons. The maximum absolute atomic E-state index is 12.5. The normalized spacial score (nSPS) is 41.4. The molecule has 2 saturated carbocycles. The van der Waals surface area contributed by atoms with Crippen LogP contribution >= 0.6 is 0 Å². The van der Waals surface area contributed by atoms with Crippen LogP contribution < -0.4 is 5.32 Å². The van der Waals surface area contributed by atoms with Gasteiger partial charge >= 0.3 is 12.1 Å². The molecule has 2 N–H and O–H groups in total. The molecule has 0 bridgehead atoms. The summed E-state index contributed by atoms with van der Waals surface area (Å²) in [6.45, 7) is 0. The summed E-state index contributed by atoms with van der Waals surface area (Å²) < 4.78 is 37.4. The second kappa shape index (κ2) is 2.24. The SMILES string of the molecule is CN[C@H](C(=O)O)C12CC1(C(F)(F)F)C2. The first-order valence-corrected chi connectivity index (χ1v) is 4.27. The summed E-state index contributed by atoms with van der Waals surface area (Å²) in [6, 6.07) is -1.07. The molecule has 0 saturated heterocycles. The number of fused-ring (bicyclic) bond motifs is 1. The molecule has 2 aliphatic carbocycles. The molecule has 0 spiro atoms. The molecule has 1 atom stereocenters. The first-order valence-electron chi connectivity index (χ1n) is 4.27. The molecule has 0 aromatic rings. The third-order valence-electron chi connectivity index (χ3n) is 3.57. The highest BCUT2D eigenvalue weighted by atomic mass is 19.4. The molecular weight excluding hydrogens is 199 g/mol. The number of hydrogen-bond acceptors (Lipinski definition) is 2. The minimum Gasteiger partial charge on any atom is -0.480 e. The first-order chi connectivity index (χ1) is 6.31. The molecule has 0 amide bonds. The largest absolute Gasteiger partial charge is 0.480 e. The number of aliphatic carboxylic acids is 1. The molecular formula is C8H10F3NO2. The monoisotopic (exact) mass is 209 g/mol. The number of hydrogen-bond donors (Lipinski definition) is 2. The Balaban J connectivity index is 2.16. The average molecular weight is 209 g/mol. The van der Waals surface area contributed by atoms with Gasteiger partial charge in [-0.25, -0.2) is 0 Å². The van der Waals surface area contributed by atoms with Crippen LogP contribution in [-0.2, 0) is 4.79 Å². The Morgan fingerprint density at radius 2 is 2.00 bits per heavy atom. The Kier molecular flexibility index (Phi) is 1.56. The average Bonchev–Trinajstić information content (AvgIpc) is 2.70.